The van der Waals surface area contributed by atoms with Crippen molar-refractivity contribution in [1.29, 1.82) is 0 Å². The number of halogens is 2. The quantitative estimate of drug-likeness (QED) is 0.712. The third-order valence-electron chi connectivity index (χ3n) is 3.87. The van der Waals surface area contributed by atoms with Crippen molar-refractivity contribution in [3.05, 3.63) is 45.7 Å². The van der Waals surface area contributed by atoms with E-state index < -0.39 is 0 Å². The maximum atomic E-state index is 13.6. The summed E-state index contributed by atoms with van der Waals surface area (Å²) in [5, 5.41) is 3.52. The van der Waals surface area contributed by atoms with Crippen LogP contribution in [0.25, 0.3) is 0 Å². The van der Waals surface area contributed by atoms with Gasteiger partial charge in [-0.05, 0) is 56.0 Å². The van der Waals surface area contributed by atoms with Crippen molar-refractivity contribution in [1.82, 2.24) is 5.32 Å². The Bertz CT molecular complexity index is 470. The summed E-state index contributed by atoms with van der Waals surface area (Å²) in [5.41, 5.74) is 2.43. The highest BCUT2D eigenvalue weighted by Gasteiger charge is 2.19. The van der Waals surface area contributed by atoms with E-state index in [2.05, 4.69) is 34.2 Å². The monoisotopic (exact) mass is 339 g/mol. The normalized spacial score (nSPS) is 20.6. The van der Waals surface area contributed by atoms with E-state index in [4.69, 9.17) is 0 Å². The van der Waals surface area contributed by atoms with Gasteiger partial charge in [-0.25, -0.2) is 4.39 Å². The molecule has 0 amide bonds. The molecule has 1 nitrogen and oxygen atoms in total. The molecule has 110 valence electrons. The van der Waals surface area contributed by atoms with Crippen molar-refractivity contribution in [3.8, 4) is 0 Å². The molecule has 3 heteroatoms. The fourth-order valence-corrected chi connectivity index (χ4v) is 3.34. The minimum atomic E-state index is -0.169. The lowest BCUT2D eigenvalue weighted by atomic mass is 9.91. The number of nitrogens with one attached hydrogen (secondary N) is 1. The van der Waals surface area contributed by atoms with E-state index >= 15 is 0 Å². The zero-order valence-electron chi connectivity index (χ0n) is 12.1. The first-order valence-corrected chi connectivity index (χ1v) is 8.39. The third kappa shape index (κ3) is 4.16. The highest BCUT2D eigenvalue weighted by atomic mass is 79.9. The number of allylic oxidation sites excluding steroid dienone is 1. The van der Waals surface area contributed by atoms with Crippen molar-refractivity contribution >= 4 is 15.9 Å². The highest BCUT2D eigenvalue weighted by molar-refractivity contribution is 9.10. The molecule has 0 bridgehead atoms. The molecule has 1 aromatic carbocycles. The molecule has 2 rings (SSSR count). The summed E-state index contributed by atoms with van der Waals surface area (Å²) >= 11 is 3.57. The lowest BCUT2D eigenvalue weighted by molar-refractivity contribution is 0.548. The summed E-state index contributed by atoms with van der Waals surface area (Å²) in [4.78, 5) is 0. The summed E-state index contributed by atoms with van der Waals surface area (Å²) in [6.07, 6.45) is 9.77. The first kappa shape index (κ1) is 15.7. The maximum Gasteiger partial charge on any atom is 0.123 e. The van der Waals surface area contributed by atoms with Crippen molar-refractivity contribution in [2.75, 3.05) is 6.54 Å². The summed E-state index contributed by atoms with van der Waals surface area (Å²) in [7, 11) is 0. The lowest BCUT2D eigenvalue weighted by Gasteiger charge is -2.24. The van der Waals surface area contributed by atoms with Gasteiger partial charge in [-0.2, -0.15) is 0 Å². The van der Waals surface area contributed by atoms with E-state index in [1.165, 1.54) is 37.3 Å². The van der Waals surface area contributed by atoms with Crippen molar-refractivity contribution in [2.24, 2.45) is 0 Å². The molecule has 1 aromatic rings. The molecule has 0 aromatic heterocycles. The molecule has 0 fully saturated rings. The molecule has 1 N–H and O–H groups in total. The van der Waals surface area contributed by atoms with Gasteiger partial charge in [-0.1, -0.05) is 47.3 Å². The molecular formula is C17H23BrFN. The fourth-order valence-electron chi connectivity index (χ4n) is 2.86. The van der Waals surface area contributed by atoms with Gasteiger partial charge in [-0.3, -0.25) is 0 Å². The molecule has 0 heterocycles. The molecule has 1 aliphatic carbocycles. The summed E-state index contributed by atoms with van der Waals surface area (Å²) in [6, 6.07) is 5.08. The first-order chi connectivity index (χ1) is 9.72. The van der Waals surface area contributed by atoms with Crippen LogP contribution in [0.5, 0.6) is 0 Å². The molecule has 1 atom stereocenters. The van der Waals surface area contributed by atoms with Gasteiger partial charge in [0.2, 0.25) is 0 Å². The lowest BCUT2D eigenvalue weighted by Crippen LogP contribution is -2.23. The van der Waals surface area contributed by atoms with Crippen LogP contribution in [0.4, 0.5) is 4.39 Å². The summed E-state index contributed by atoms with van der Waals surface area (Å²) in [5.74, 6) is -0.169. The van der Waals surface area contributed by atoms with Crippen LogP contribution in [0, 0.1) is 5.82 Å². The number of benzene rings is 1. The Labute approximate surface area is 129 Å². The second-order valence-electron chi connectivity index (χ2n) is 5.39. The maximum absolute atomic E-state index is 13.6. The van der Waals surface area contributed by atoms with Crippen LogP contribution < -0.4 is 5.32 Å². The predicted molar refractivity (Wildman–Crippen MR) is 86.3 cm³/mol. The van der Waals surface area contributed by atoms with E-state index in [1.54, 1.807) is 12.1 Å². The van der Waals surface area contributed by atoms with Crippen molar-refractivity contribution in [3.63, 3.8) is 0 Å². The molecule has 0 aliphatic heterocycles. The predicted octanol–water partition coefficient (Wildman–Crippen LogP) is 5.52. The van der Waals surface area contributed by atoms with Gasteiger partial charge >= 0.3 is 0 Å². The largest absolute Gasteiger partial charge is 0.307 e. The smallest absolute Gasteiger partial charge is 0.123 e. The Balaban J connectivity index is 2.31. The standard InChI is InChI=1S/C17H23BrFN/c1-2-20-17(13-8-6-4-3-5-7-9-13)15-12-14(19)10-11-16(15)18/h8,10-12,17,20H,2-7,9H2,1H3/b13-8+. The van der Waals surface area contributed by atoms with Gasteiger partial charge in [0.05, 0.1) is 6.04 Å². The molecule has 0 saturated heterocycles. The number of hydrogen-bond acceptors (Lipinski definition) is 1. The average Bonchev–Trinajstić information content (AvgIpc) is 2.40. The van der Waals surface area contributed by atoms with Crippen molar-refractivity contribution < 1.29 is 4.39 Å². The van der Waals surface area contributed by atoms with Gasteiger partial charge in [0.15, 0.2) is 0 Å². The zero-order chi connectivity index (χ0) is 14.4. The second-order valence-corrected chi connectivity index (χ2v) is 6.24. The van der Waals surface area contributed by atoms with Crippen molar-refractivity contribution in [2.45, 2.75) is 51.5 Å². The van der Waals surface area contributed by atoms with Gasteiger partial charge in [0, 0.05) is 4.47 Å². The Morgan fingerprint density at radius 1 is 1.25 bits per heavy atom. The van der Waals surface area contributed by atoms with Crippen LogP contribution in [0.1, 0.15) is 57.1 Å². The Hall–Kier alpha value is -0.670. The van der Waals surface area contributed by atoms with Crippen LogP contribution >= 0.6 is 15.9 Å². The van der Waals surface area contributed by atoms with Crippen LogP contribution in [-0.2, 0) is 0 Å². The van der Waals surface area contributed by atoms with Gasteiger partial charge in [0.1, 0.15) is 5.82 Å². The minimum Gasteiger partial charge on any atom is -0.307 e. The number of likely N-dealkylation sites (N-methyl/N-ethyl adjacent to an activating group) is 1. The number of hydrogen-bond donors (Lipinski definition) is 1. The van der Waals surface area contributed by atoms with Crippen LogP contribution in [-0.4, -0.2) is 6.54 Å². The minimum absolute atomic E-state index is 0.128. The van der Waals surface area contributed by atoms with Gasteiger partial charge in [0.25, 0.3) is 0 Å². The fraction of sp³-hybridized carbons (Fsp3) is 0.529. The molecule has 0 spiro atoms. The Morgan fingerprint density at radius 2 is 2.05 bits per heavy atom. The van der Waals surface area contributed by atoms with Crippen LogP contribution in [0.15, 0.2) is 34.3 Å². The third-order valence-corrected chi connectivity index (χ3v) is 4.60. The molecule has 20 heavy (non-hydrogen) atoms. The van der Waals surface area contributed by atoms with Gasteiger partial charge < -0.3 is 5.32 Å². The highest BCUT2D eigenvalue weighted by Crippen LogP contribution is 2.33. The molecule has 1 aliphatic rings. The van der Waals surface area contributed by atoms with E-state index in [9.17, 15) is 4.39 Å². The van der Waals surface area contributed by atoms with E-state index in [1.807, 2.05) is 0 Å². The Morgan fingerprint density at radius 3 is 2.85 bits per heavy atom. The Kier molecular flexibility index (Phi) is 6.24. The van der Waals surface area contributed by atoms with E-state index in [0.717, 1.165) is 29.4 Å². The van der Waals surface area contributed by atoms with Crippen LogP contribution in [0.3, 0.4) is 0 Å². The van der Waals surface area contributed by atoms with Gasteiger partial charge in [-0.15, -0.1) is 0 Å². The summed E-state index contributed by atoms with van der Waals surface area (Å²) in [6.45, 7) is 2.98. The number of rotatable bonds is 4. The van der Waals surface area contributed by atoms with Crippen LogP contribution in [0.2, 0.25) is 0 Å². The average molecular weight is 340 g/mol. The first-order valence-electron chi connectivity index (χ1n) is 7.59. The molecule has 0 saturated carbocycles. The molecular weight excluding hydrogens is 317 g/mol. The zero-order valence-corrected chi connectivity index (χ0v) is 13.7. The molecule has 1 unspecified atom stereocenters. The SMILES string of the molecule is CCNC(/C1=C/CCCCCC1)c1cc(F)ccc1Br. The van der Waals surface area contributed by atoms with E-state index in [0.29, 0.717) is 0 Å². The molecule has 0 radical (unpaired) electrons. The second kappa shape index (κ2) is 7.94. The summed E-state index contributed by atoms with van der Waals surface area (Å²) < 4.78 is 14.6. The van der Waals surface area contributed by atoms with E-state index in [-0.39, 0.29) is 11.9 Å². The topological polar surface area (TPSA) is 12.0 Å².